The van der Waals surface area contributed by atoms with Crippen LogP contribution in [-0.2, 0) is 9.63 Å². The molecule has 1 unspecified atom stereocenters. The van der Waals surface area contributed by atoms with Crippen LogP contribution in [0.15, 0.2) is 47.6 Å². The van der Waals surface area contributed by atoms with Crippen LogP contribution in [0, 0.1) is 0 Å². The molecule has 1 aliphatic rings. The zero-order valence-corrected chi connectivity index (χ0v) is 13.6. The van der Waals surface area contributed by atoms with Gasteiger partial charge in [0, 0.05) is 16.3 Å². The van der Waals surface area contributed by atoms with Crippen LogP contribution < -0.4 is 14.8 Å². The number of nitrogens with one attached hydrogen (secondary N) is 1. The van der Waals surface area contributed by atoms with Crippen LogP contribution in [0.4, 0.5) is 5.69 Å². The van der Waals surface area contributed by atoms with E-state index < -0.39 is 6.10 Å². The van der Waals surface area contributed by atoms with Crippen LogP contribution in [0.3, 0.4) is 0 Å². The van der Waals surface area contributed by atoms with Gasteiger partial charge in [-0.15, -0.1) is 0 Å². The molecule has 6 nitrogen and oxygen atoms in total. The van der Waals surface area contributed by atoms with Crippen molar-refractivity contribution < 1.29 is 19.1 Å². The molecule has 7 heteroatoms. The lowest BCUT2D eigenvalue weighted by Crippen LogP contribution is -2.26. The summed E-state index contributed by atoms with van der Waals surface area (Å²) in [7, 11) is 0. The summed E-state index contributed by atoms with van der Waals surface area (Å²) in [4.78, 5) is 17.2. The number of hydrogen-bond acceptors (Lipinski definition) is 5. The predicted octanol–water partition coefficient (Wildman–Crippen LogP) is 3.45. The van der Waals surface area contributed by atoms with E-state index in [4.69, 9.17) is 25.9 Å². The van der Waals surface area contributed by atoms with E-state index in [-0.39, 0.29) is 12.7 Å². The minimum Gasteiger partial charge on any atom is -0.454 e. The van der Waals surface area contributed by atoms with Crippen molar-refractivity contribution in [2.75, 3.05) is 12.1 Å². The second-order valence-electron chi connectivity index (χ2n) is 5.09. The molecule has 0 bridgehead atoms. The number of benzene rings is 2. The van der Waals surface area contributed by atoms with Gasteiger partial charge in [0.15, 0.2) is 11.5 Å². The van der Waals surface area contributed by atoms with Gasteiger partial charge >= 0.3 is 0 Å². The summed E-state index contributed by atoms with van der Waals surface area (Å²) in [5, 5.41) is 7.09. The number of hydrogen-bond donors (Lipinski definition) is 1. The summed E-state index contributed by atoms with van der Waals surface area (Å²) in [5.41, 5.74) is 1.38. The van der Waals surface area contributed by atoms with Gasteiger partial charge in [0.05, 0.1) is 6.21 Å². The number of fused-ring (bicyclic) bond motifs is 1. The number of halogens is 1. The SMILES string of the molecule is CC(ON=Cc1ccc2c(c1)OCO2)C(=O)Nc1cccc(Cl)c1. The topological polar surface area (TPSA) is 69.1 Å². The van der Waals surface area contributed by atoms with Crippen LogP contribution in [0.25, 0.3) is 0 Å². The van der Waals surface area contributed by atoms with E-state index in [1.165, 1.54) is 6.21 Å². The number of ether oxygens (including phenoxy) is 2. The number of anilines is 1. The van der Waals surface area contributed by atoms with Gasteiger partial charge in [-0.05, 0) is 43.3 Å². The molecule has 1 amide bonds. The highest BCUT2D eigenvalue weighted by molar-refractivity contribution is 6.30. The molecule has 24 heavy (non-hydrogen) atoms. The fraction of sp³-hybridized carbons (Fsp3) is 0.176. The van der Waals surface area contributed by atoms with Crippen molar-refractivity contribution in [3.63, 3.8) is 0 Å². The number of oxime groups is 1. The fourth-order valence-electron chi connectivity index (χ4n) is 2.03. The Morgan fingerprint density at radius 2 is 2.12 bits per heavy atom. The standard InChI is InChI=1S/C17H15ClN2O4/c1-11(17(21)20-14-4-2-3-13(18)8-14)24-19-9-12-5-6-15-16(7-12)23-10-22-15/h2-9,11H,10H2,1H3,(H,20,21). The molecule has 124 valence electrons. The second kappa shape index (κ2) is 7.23. The first-order chi connectivity index (χ1) is 11.6. The summed E-state index contributed by atoms with van der Waals surface area (Å²) < 4.78 is 10.5. The number of nitrogens with zero attached hydrogens (tertiary/aromatic N) is 1. The van der Waals surface area contributed by atoms with E-state index in [2.05, 4.69) is 10.5 Å². The maximum absolute atomic E-state index is 12.0. The summed E-state index contributed by atoms with van der Waals surface area (Å²) in [6.07, 6.45) is 0.750. The number of amides is 1. The first-order valence-corrected chi connectivity index (χ1v) is 7.65. The van der Waals surface area contributed by atoms with E-state index in [0.717, 1.165) is 5.56 Å². The summed E-state index contributed by atoms with van der Waals surface area (Å²) in [5.74, 6) is 1.04. The average Bonchev–Trinajstić information content (AvgIpc) is 3.02. The lowest BCUT2D eigenvalue weighted by molar-refractivity contribution is -0.126. The Balaban J connectivity index is 1.54. The molecular weight excluding hydrogens is 332 g/mol. The Hall–Kier alpha value is -2.73. The highest BCUT2D eigenvalue weighted by Gasteiger charge is 2.15. The number of carbonyl (C=O) groups is 1. The molecule has 1 atom stereocenters. The molecule has 3 rings (SSSR count). The minimum absolute atomic E-state index is 0.215. The molecule has 2 aromatic rings. The van der Waals surface area contributed by atoms with Crippen molar-refractivity contribution in [2.45, 2.75) is 13.0 Å². The molecule has 0 spiro atoms. The van der Waals surface area contributed by atoms with Gasteiger partial charge in [0.1, 0.15) is 0 Å². The molecular formula is C17H15ClN2O4. The van der Waals surface area contributed by atoms with Crippen molar-refractivity contribution in [1.82, 2.24) is 0 Å². The summed E-state index contributed by atoms with van der Waals surface area (Å²) in [6, 6.07) is 12.3. The van der Waals surface area contributed by atoms with Gasteiger partial charge in [-0.25, -0.2) is 0 Å². The molecule has 1 heterocycles. The molecule has 0 aliphatic carbocycles. The van der Waals surface area contributed by atoms with Gasteiger partial charge in [-0.3, -0.25) is 4.79 Å². The van der Waals surface area contributed by atoms with Crippen LogP contribution in [0.2, 0.25) is 5.02 Å². The summed E-state index contributed by atoms with van der Waals surface area (Å²) in [6.45, 7) is 1.82. The van der Waals surface area contributed by atoms with E-state index in [0.29, 0.717) is 22.2 Å². The highest BCUT2D eigenvalue weighted by Crippen LogP contribution is 2.31. The zero-order chi connectivity index (χ0) is 16.9. The normalized spacial score (nSPS) is 13.8. The molecule has 0 fully saturated rings. The quantitative estimate of drug-likeness (QED) is 0.665. The van der Waals surface area contributed by atoms with Crippen LogP contribution in [0.1, 0.15) is 12.5 Å². The van der Waals surface area contributed by atoms with Gasteiger partial charge in [0.25, 0.3) is 5.91 Å². The minimum atomic E-state index is -0.755. The third-order valence-electron chi connectivity index (χ3n) is 3.28. The average molecular weight is 347 g/mol. The van der Waals surface area contributed by atoms with Crippen molar-refractivity contribution in [3.05, 3.63) is 53.1 Å². The first-order valence-electron chi connectivity index (χ1n) is 7.27. The lowest BCUT2D eigenvalue weighted by Gasteiger charge is -2.10. The predicted molar refractivity (Wildman–Crippen MR) is 90.8 cm³/mol. The molecule has 0 aromatic heterocycles. The van der Waals surface area contributed by atoms with Crippen LogP contribution in [-0.4, -0.2) is 25.0 Å². The molecule has 0 radical (unpaired) electrons. The highest BCUT2D eigenvalue weighted by atomic mass is 35.5. The Morgan fingerprint density at radius 3 is 2.96 bits per heavy atom. The van der Waals surface area contributed by atoms with E-state index in [9.17, 15) is 4.79 Å². The van der Waals surface area contributed by atoms with Crippen molar-refractivity contribution >= 4 is 29.4 Å². The molecule has 2 aromatic carbocycles. The largest absolute Gasteiger partial charge is 0.454 e. The zero-order valence-electron chi connectivity index (χ0n) is 12.9. The van der Waals surface area contributed by atoms with Crippen LogP contribution >= 0.6 is 11.6 Å². The Morgan fingerprint density at radius 1 is 1.29 bits per heavy atom. The van der Waals surface area contributed by atoms with Gasteiger partial charge in [0.2, 0.25) is 12.9 Å². The fourth-order valence-corrected chi connectivity index (χ4v) is 2.22. The Labute approximate surface area is 144 Å². The van der Waals surface area contributed by atoms with Gasteiger partial charge < -0.3 is 19.6 Å². The molecule has 0 saturated carbocycles. The van der Waals surface area contributed by atoms with Crippen molar-refractivity contribution in [3.8, 4) is 11.5 Å². The van der Waals surface area contributed by atoms with Crippen LogP contribution in [0.5, 0.6) is 11.5 Å². The van der Waals surface area contributed by atoms with Crippen molar-refractivity contribution in [1.29, 1.82) is 0 Å². The second-order valence-corrected chi connectivity index (χ2v) is 5.53. The molecule has 1 N–H and O–H groups in total. The monoisotopic (exact) mass is 346 g/mol. The lowest BCUT2D eigenvalue weighted by atomic mass is 10.2. The maximum Gasteiger partial charge on any atom is 0.267 e. The van der Waals surface area contributed by atoms with Crippen molar-refractivity contribution in [2.24, 2.45) is 5.16 Å². The smallest absolute Gasteiger partial charge is 0.267 e. The van der Waals surface area contributed by atoms with E-state index >= 15 is 0 Å². The van der Waals surface area contributed by atoms with Gasteiger partial charge in [-0.1, -0.05) is 22.8 Å². The number of rotatable bonds is 5. The van der Waals surface area contributed by atoms with Gasteiger partial charge in [-0.2, -0.15) is 0 Å². The third kappa shape index (κ3) is 3.97. The maximum atomic E-state index is 12.0. The van der Waals surface area contributed by atoms with E-state index in [1.54, 1.807) is 43.3 Å². The first kappa shape index (κ1) is 16.1. The number of carbonyl (C=O) groups excluding carboxylic acids is 1. The Bertz CT molecular complexity index is 779. The molecule has 0 saturated heterocycles. The summed E-state index contributed by atoms with van der Waals surface area (Å²) >= 11 is 5.87. The van der Waals surface area contributed by atoms with E-state index in [1.807, 2.05) is 6.07 Å². The molecule has 1 aliphatic heterocycles. The third-order valence-corrected chi connectivity index (χ3v) is 3.51. The Kier molecular flexibility index (Phi) is 4.86.